The van der Waals surface area contributed by atoms with E-state index in [2.05, 4.69) is 10.5 Å². The Bertz CT molecular complexity index is 543. The van der Waals surface area contributed by atoms with Crippen LogP contribution >= 0.6 is 0 Å². The molecule has 0 radical (unpaired) electrons. The predicted molar refractivity (Wildman–Crippen MR) is 69.4 cm³/mol. The lowest BCUT2D eigenvalue weighted by molar-refractivity contribution is -0.144. The summed E-state index contributed by atoms with van der Waals surface area (Å²) in [5, 5.41) is 15.9. The standard InChI is InChI=1S/C14H18N2O4/c17-12(15-14(13(18)19)7-3-4-8-14)11-9-5-1-2-6-10(9)20-16-11/h1-8H2,(H,15,17)(H,18,19). The Labute approximate surface area is 116 Å². The molecule has 0 unspecified atom stereocenters. The van der Waals surface area contributed by atoms with Gasteiger partial charge in [-0.05, 0) is 32.1 Å². The summed E-state index contributed by atoms with van der Waals surface area (Å²) in [6.07, 6.45) is 6.25. The fourth-order valence-corrected chi connectivity index (χ4v) is 3.21. The second kappa shape index (κ2) is 4.92. The first kappa shape index (κ1) is 13.1. The number of carbonyl (C=O) groups excluding carboxylic acids is 1. The van der Waals surface area contributed by atoms with Gasteiger partial charge < -0.3 is 14.9 Å². The Morgan fingerprint density at radius 3 is 2.55 bits per heavy atom. The summed E-state index contributed by atoms with van der Waals surface area (Å²) in [6.45, 7) is 0. The molecule has 0 bridgehead atoms. The number of carbonyl (C=O) groups is 2. The number of rotatable bonds is 3. The maximum atomic E-state index is 12.3. The second-order valence-electron chi connectivity index (χ2n) is 5.69. The zero-order chi connectivity index (χ0) is 14.2. The molecule has 1 aromatic heterocycles. The summed E-state index contributed by atoms with van der Waals surface area (Å²) in [6, 6.07) is 0. The van der Waals surface area contributed by atoms with Crippen LogP contribution in [0.1, 0.15) is 60.3 Å². The lowest BCUT2D eigenvalue weighted by atomic mass is 9.94. The fourth-order valence-electron chi connectivity index (χ4n) is 3.21. The summed E-state index contributed by atoms with van der Waals surface area (Å²) in [5.41, 5.74) is -0.00285. The van der Waals surface area contributed by atoms with Gasteiger partial charge in [0.25, 0.3) is 5.91 Å². The first-order chi connectivity index (χ1) is 9.62. The van der Waals surface area contributed by atoms with Gasteiger partial charge in [-0.1, -0.05) is 18.0 Å². The van der Waals surface area contributed by atoms with Crippen molar-refractivity contribution in [3.8, 4) is 0 Å². The maximum absolute atomic E-state index is 12.3. The molecule has 1 fully saturated rings. The highest BCUT2D eigenvalue weighted by Crippen LogP contribution is 2.31. The molecule has 6 heteroatoms. The summed E-state index contributed by atoms with van der Waals surface area (Å²) in [7, 11) is 0. The molecule has 6 nitrogen and oxygen atoms in total. The van der Waals surface area contributed by atoms with Crippen LogP contribution in [0.25, 0.3) is 0 Å². The van der Waals surface area contributed by atoms with Gasteiger partial charge in [-0.3, -0.25) is 4.79 Å². The monoisotopic (exact) mass is 278 g/mol. The number of aliphatic carboxylic acids is 1. The molecule has 108 valence electrons. The van der Waals surface area contributed by atoms with E-state index in [-0.39, 0.29) is 5.69 Å². The maximum Gasteiger partial charge on any atom is 0.329 e. The minimum atomic E-state index is -1.13. The number of aromatic nitrogens is 1. The van der Waals surface area contributed by atoms with E-state index < -0.39 is 17.4 Å². The van der Waals surface area contributed by atoms with Gasteiger partial charge in [0, 0.05) is 12.0 Å². The molecule has 1 amide bonds. The van der Waals surface area contributed by atoms with Crippen LogP contribution in [0.4, 0.5) is 0 Å². The van der Waals surface area contributed by atoms with Crippen LogP contribution in [0.2, 0.25) is 0 Å². The van der Waals surface area contributed by atoms with Crippen molar-refractivity contribution in [3.05, 3.63) is 17.0 Å². The first-order valence-electron chi connectivity index (χ1n) is 7.16. The minimum absolute atomic E-state index is 0.271. The Morgan fingerprint density at radius 2 is 1.85 bits per heavy atom. The zero-order valence-electron chi connectivity index (χ0n) is 11.3. The molecule has 0 aromatic carbocycles. The Kier molecular flexibility index (Phi) is 3.23. The Hall–Kier alpha value is -1.85. The molecule has 0 aliphatic heterocycles. The lowest BCUT2D eigenvalue weighted by Crippen LogP contribution is -2.52. The number of fused-ring (bicyclic) bond motifs is 1. The molecule has 2 N–H and O–H groups in total. The van der Waals surface area contributed by atoms with Crippen molar-refractivity contribution in [3.63, 3.8) is 0 Å². The quantitative estimate of drug-likeness (QED) is 0.877. The second-order valence-corrected chi connectivity index (χ2v) is 5.69. The van der Waals surface area contributed by atoms with Gasteiger partial charge in [-0.25, -0.2) is 4.79 Å². The Morgan fingerprint density at radius 1 is 1.15 bits per heavy atom. The number of carboxylic acid groups (broad SMARTS) is 1. The van der Waals surface area contributed by atoms with E-state index in [1.807, 2.05) is 0 Å². The molecule has 2 aliphatic rings. The number of hydrogen-bond donors (Lipinski definition) is 2. The smallest absolute Gasteiger partial charge is 0.329 e. The van der Waals surface area contributed by atoms with Crippen molar-refractivity contribution in [1.29, 1.82) is 0 Å². The summed E-state index contributed by atoms with van der Waals surface area (Å²) < 4.78 is 5.21. The topological polar surface area (TPSA) is 92.4 Å². The van der Waals surface area contributed by atoms with E-state index in [1.165, 1.54) is 0 Å². The third kappa shape index (κ3) is 2.09. The summed E-state index contributed by atoms with van der Waals surface area (Å²) >= 11 is 0. The molecule has 20 heavy (non-hydrogen) atoms. The molecular formula is C14H18N2O4. The molecule has 3 rings (SSSR count). The van der Waals surface area contributed by atoms with E-state index in [0.29, 0.717) is 12.8 Å². The highest BCUT2D eigenvalue weighted by molar-refractivity contribution is 5.97. The third-order valence-electron chi connectivity index (χ3n) is 4.38. The number of amides is 1. The van der Waals surface area contributed by atoms with Crippen LogP contribution in [0, 0.1) is 0 Å². The van der Waals surface area contributed by atoms with Crippen molar-refractivity contribution in [1.82, 2.24) is 10.5 Å². The molecule has 0 saturated heterocycles. The van der Waals surface area contributed by atoms with E-state index >= 15 is 0 Å². The number of nitrogens with zero attached hydrogens (tertiary/aromatic N) is 1. The van der Waals surface area contributed by atoms with Gasteiger partial charge in [0.1, 0.15) is 11.3 Å². The first-order valence-corrected chi connectivity index (χ1v) is 7.16. The number of aryl methyl sites for hydroxylation is 1. The van der Waals surface area contributed by atoms with Gasteiger partial charge in [0.05, 0.1) is 0 Å². The van der Waals surface area contributed by atoms with E-state index in [4.69, 9.17) is 4.52 Å². The Balaban J connectivity index is 1.82. The van der Waals surface area contributed by atoms with E-state index in [9.17, 15) is 14.7 Å². The summed E-state index contributed by atoms with van der Waals surface area (Å²) in [4.78, 5) is 23.8. The van der Waals surface area contributed by atoms with Crippen LogP contribution in [0.5, 0.6) is 0 Å². The highest BCUT2D eigenvalue weighted by Gasteiger charge is 2.43. The van der Waals surface area contributed by atoms with Gasteiger partial charge in [0.15, 0.2) is 5.69 Å². The average Bonchev–Trinajstić information content (AvgIpc) is 3.05. The molecule has 1 heterocycles. The normalized spacial score (nSPS) is 20.4. The largest absolute Gasteiger partial charge is 0.480 e. The minimum Gasteiger partial charge on any atom is -0.480 e. The van der Waals surface area contributed by atoms with Crippen molar-refractivity contribution in [2.45, 2.75) is 56.9 Å². The van der Waals surface area contributed by atoms with Crippen LogP contribution < -0.4 is 5.32 Å². The lowest BCUT2D eigenvalue weighted by Gasteiger charge is -2.25. The van der Waals surface area contributed by atoms with Gasteiger partial charge >= 0.3 is 5.97 Å². The summed E-state index contributed by atoms with van der Waals surface area (Å²) in [5.74, 6) is -0.598. The van der Waals surface area contributed by atoms with Crippen molar-refractivity contribution in [2.75, 3.05) is 0 Å². The van der Waals surface area contributed by atoms with Crippen molar-refractivity contribution in [2.24, 2.45) is 0 Å². The van der Waals surface area contributed by atoms with Gasteiger partial charge in [-0.15, -0.1) is 0 Å². The van der Waals surface area contributed by atoms with Crippen LogP contribution in [0.15, 0.2) is 4.52 Å². The van der Waals surface area contributed by atoms with E-state index in [1.54, 1.807) is 0 Å². The van der Waals surface area contributed by atoms with Gasteiger partial charge in [-0.2, -0.15) is 0 Å². The van der Waals surface area contributed by atoms with Crippen LogP contribution in [0.3, 0.4) is 0 Å². The van der Waals surface area contributed by atoms with Crippen molar-refractivity contribution >= 4 is 11.9 Å². The highest BCUT2D eigenvalue weighted by atomic mass is 16.5. The van der Waals surface area contributed by atoms with E-state index in [0.717, 1.165) is 49.8 Å². The SMILES string of the molecule is O=C(NC1(C(=O)O)CCCC1)c1noc2c1CCCC2. The molecule has 0 atom stereocenters. The molecule has 2 aliphatic carbocycles. The number of nitrogens with one attached hydrogen (secondary N) is 1. The third-order valence-corrected chi connectivity index (χ3v) is 4.38. The molecular weight excluding hydrogens is 260 g/mol. The average molecular weight is 278 g/mol. The molecule has 1 aromatic rings. The molecule has 0 spiro atoms. The molecule has 1 saturated carbocycles. The van der Waals surface area contributed by atoms with Gasteiger partial charge in [0.2, 0.25) is 0 Å². The predicted octanol–water partition coefficient (Wildman–Crippen LogP) is 1.68. The van der Waals surface area contributed by atoms with Crippen LogP contribution in [-0.2, 0) is 17.6 Å². The fraction of sp³-hybridized carbons (Fsp3) is 0.643. The van der Waals surface area contributed by atoms with Crippen molar-refractivity contribution < 1.29 is 19.2 Å². The number of carboxylic acids is 1. The number of hydrogen-bond acceptors (Lipinski definition) is 4. The van der Waals surface area contributed by atoms with Crippen LogP contribution in [-0.4, -0.2) is 27.7 Å². The zero-order valence-corrected chi connectivity index (χ0v) is 11.3.